The van der Waals surface area contributed by atoms with E-state index in [0.717, 1.165) is 4.90 Å². The van der Waals surface area contributed by atoms with Crippen LogP contribution in [0.4, 0.5) is 0 Å². The van der Waals surface area contributed by atoms with Gasteiger partial charge in [-0.1, -0.05) is 27.7 Å². The number of carboxylic acids is 2. The highest BCUT2D eigenvalue weighted by molar-refractivity contribution is 6.13. The highest BCUT2D eigenvalue weighted by atomic mass is 16.6. The van der Waals surface area contributed by atoms with Crippen LogP contribution in [0.2, 0.25) is 0 Å². The van der Waals surface area contributed by atoms with E-state index in [2.05, 4.69) is 31.9 Å². The van der Waals surface area contributed by atoms with Crippen LogP contribution in [0.5, 0.6) is 0 Å². The summed E-state index contributed by atoms with van der Waals surface area (Å²) in [6.07, 6.45) is 8.46. The molecule has 1 aliphatic heterocycles. The molecule has 0 aromatic rings. The zero-order chi connectivity index (χ0) is 93.6. The zero-order valence-corrected chi connectivity index (χ0v) is 79.8. The van der Waals surface area contributed by atoms with E-state index in [1.165, 1.54) is 12.2 Å². The lowest BCUT2D eigenvalue weighted by atomic mass is 9.74. The number of imide groups is 1. The normalized spacial score (nSPS) is 13.6. The fraction of sp³-hybridized carbons (Fsp3) is 0.856. The van der Waals surface area contributed by atoms with E-state index in [1.54, 1.807) is 46.4 Å². The maximum absolute atomic E-state index is 13.3. The molecule has 0 atom stereocenters. The number of nitrogens with zero attached hydrogens (tertiary/aromatic N) is 2. The monoisotopic (exact) mass is 1760 g/mol. The average molecular weight is 1760 g/mol. The van der Waals surface area contributed by atoms with E-state index < -0.39 is 90.0 Å². The molecule has 0 bridgehead atoms. The van der Waals surface area contributed by atoms with Crippen LogP contribution >= 0.6 is 0 Å². The molecule has 123 heavy (non-hydrogen) atoms. The van der Waals surface area contributed by atoms with Crippen molar-refractivity contribution in [3.05, 3.63) is 12.2 Å². The van der Waals surface area contributed by atoms with E-state index in [-0.39, 0.29) is 166 Å². The third-order valence-corrected chi connectivity index (χ3v) is 21.4. The van der Waals surface area contributed by atoms with Crippen LogP contribution < -0.4 is 31.9 Å². The summed E-state index contributed by atoms with van der Waals surface area (Å²) in [5, 5.41) is 37.3. The van der Waals surface area contributed by atoms with Crippen LogP contribution in [-0.2, 0) is 110 Å². The lowest BCUT2D eigenvalue weighted by Crippen LogP contribution is -2.51. The lowest BCUT2D eigenvalue weighted by Gasteiger charge is -2.36. The van der Waals surface area contributed by atoms with E-state index in [4.69, 9.17) is 56.8 Å². The Labute approximate surface area is 735 Å². The van der Waals surface area contributed by atoms with Crippen molar-refractivity contribution in [1.29, 1.82) is 0 Å². The SMILES string of the molecule is CC(C)(CCOC(C)(C)CCC(=O)NCCC(C)(C)OCCC(C)(C)NC(=O)C(C)(C)CCC(C)(C)C(=O)O)NC(=O)CCOCCOCCOCCOCCN(CCOCCOCCOCCOCCC(=O)NC(C)(C)CCOC(C)(C)CCC(=O)NCCC(C)(C)OCCC(C)(C)NC(=O)C(C)(C)CC(C)(C)C(=O)O)C(=O)CCN1C(=O)C=CC1=O. The second-order valence-corrected chi connectivity index (χ2v) is 39.7. The topological polar surface area (TPSA) is 418 Å². The summed E-state index contributed by atoms with van der Waals surface area (Å²) in [4.78, 5) is 141. The van der Waals surface area contributed by atoms with Gasteiger partial charge in [0.05, 0.1) is 139 Å². The Balaban J connectivity index is 2.25. The van der Waals surface area contributed by atoms with Crippen molar-refractivity contribution in [2.45, 2.75) is 313 Å². The summed E-state index contributed by atoms with van der Waals surface area (Å²) >= 11 is 0. The molecule has 9 amide bonds. The van der Waals surface area contributed by atoms with Crippen molar-refractivity contribution < 1.29 is 120 Å². The van der Waals surface area contributed by atoms with E-state index in [1.807, 2.05) is 125 Å². The number of rotatable bonds is 74. The molecule has 8 N–H and O–H groups in total. The summed E-state index contributed by atoms with van der Waals surface area (Å²) < 4.78 is 70.1. The zero-order valence-electron chi connectivity index (χ0n) is 79.8. The summed E-state index contributed by atoms with van der Waals surface area (Å²) in [5.74, 6) is -3.91. The number of ether oxygens (including phenoxy) is 12. The predicted molar refractivity (Wildman–Crippen MR) is 468 cm³/mol. The minimum Gasteiger partial charge on any atom is -0.481 e. The number of amides is 9. The molecule has 0 spiro atoms. The number of aliphatic carboxylic acids is 2. The van der Waals surface area contributed by atoms with E-state index in [0.29, 0.717) is 143 Å². The number of carbonyl (C=O) groups is 11. The Morgan fingerprint density at radius 2 is 0.593 bits per heavy atom. The maximum atomic E-state index is 13.3. The molecular weight excluding hydrogens is 1590 g/mol. The van der Waals surface area contributed by atoms with Gasteiger partial charge in [0.15, 0.2) is 0 Å². The Morgan fingerprint density at radius 3 is 0.919 bits per heavy atom. The van der Waals surface area contributed by atoms with Crippen molar-refractivity contribution in [3.8, 4) is 0 Å². The summed E-state index contributed by atoms with van der Waals surface area (Å²) in [7, 11) is 0. The van der Waals surface area contributed by atoms with Crippen LogP contribution in [0, 0.1) is 21.7 Å². The van der Waals surface area contributed by atoms with Gasteiger partial charge in [0, 0.05) is 136 Å². The molecule has 714 valence electrons. The molecule has 1 heterocycles. The van der Waals surface area contributed by atoms with Crippen LogP contribution in [0.1, 0.15) is 269 Å². The molecular formula is C90H164N8O25. The minimum absolute atomic E-state index is 0.0554. The van der Waals surface area contributed by atoms with Crippen LogP contribution in [-0.4, -0.2) is 295 Å². The second kappa shape index (κ2) is 55.4. The third-order valence-electron chi connectivity index (χ3n) is 21.4. The molecule has 1 aliphatic rings. The molecule has 0 aromatic heterocycles. The second-order valence-electron chi connectivity index (χ2n) is 39.7. The van der Waals surface area contributed by atoms with Gasteiger partial charge in [-0.2, -0.15) is 0 Å². The predicted octanol–water partition coefficient (Wildman–Crippen LogP) is 9.38. The summed E-state index contributed by atoms with van der Waals surface area (Å²) in [6.45, 7) is 51.8. The fourth-order valence-electron chi connectivity index (χ4n) is 12.4. The largest absolute Gasteiger partial charge is 0.481 e. The van der Waals surface area contributed by atoms with Gasteiger partial charge in [-0.3, -0.25) is 57.6 Å². The van der Waals surface area contributed by atoms with Crippen molar-refractivity contribution in [1.82, 2.24) is 41.7 Å². The van der Waals surface area contributed by atoms with Gasteiger partial charge in [-0.15, -0.1) is 0 Å². The molecule has 0 radical (unpaired) electrons. The Morgan fingerprint density at radius 1 is 0.309 bits per heavy atom. The van der Waals surface area contributed by atoms with Crippen molar-refractivity contribution >= 4 is 65.1 Å². The number of nitrogens with one attached hydrogen (secondary N) is 6. The lowest BCUT2D eigenvalue weighted by molar-refractivity contribution is -0.150. The van der Waals surface area contributed by atoms with Gasteiger partial charge in [0.25, 0.3) is 11.8 Å². The quantitative estimate of drug-likeness (QED) is 0.0207. The molecule has 0 fully saturated rings. The average Bonchev–Trinajstić information content (AvgIpc) is 1.31. The highest BCUT2D eigenvalue weighted by Gasteiger charge is 2.42. The van der Waals surface area contributed by atoms with E-state index in [9.17, 15) is 63.0 Å². The third kappa shape index (κ3) is 55.1. The van der Waals surface area contributed by atoms with Gasteiger partial charge in [0.2, 0.25) is 41.4 Å². The van der Waals surface area contributed by atoms with Gasteiger partial charge in [-0.05, 0) is 209 Å². The molecule has 0 aromatic carbocycles. The Kier molecular flexibility index (Phi) is 51.6. The standard InChI is InChI=1S/C90H164N8O25/c1-79(2,34-35-80(3,4)77(108)109)75(106)95-85(13,14)40-51-122-89(21,22)36-42-91-68(99)27-32-87(17,18)120-49-38-83(9,10)93-70(101)30-47-112-55-59-116-63-65-118-61-57-114-53-45-97(72(103)29-44-98-73(104)25-26-74(98)105)46-54-115-58-62-119-66-64-117-60-56-113-48-31-71(102)94-84(11,12)39-50-121-88(19,20)33-28-69(100)92-43-37-90(23,24)123-52-41-86(15,16)96-76(107)81(5,6)67-82(7,8)78(110)111/h25-26H,27-67H2,1-24H3,(H,91,99)(H,92,100)(H,93,101)(H,94,102)(H,95,106)(H,96,107)(H,108,109)(H,110,111). The first-order valence-corrected chi connectivity index (χ1v) is 44.0. The minimum atomic E-state index is -1.05. The number of hydrogen-bond donors (Lipinski definition) is 8. The number of hydrogen-bond acceptors (Lipinski definition) is 23. The molecule has 0 aliphatic carbocycles. The fourth-order valence-corrected chi connectivity index (χ4v) is 12.4. The van der Waals surface area contributed by atoms with Crippen LogP contribution in [0.3, 0.4) is 0 Å². The first-order valence-electron chi connectivity index (χ1n) is 44.0. The summed E-state index contributed by atoms with van der Waals surface area (Å²) in [6, 6.07) is 0. The number of carboxylic acid groups (broad SMARTS) is 2. The maximum Gasteiger partial charge on any atom is 0.309 e. The van der Waals surface area contributed by atoms with Crippen molar-refractivity contribution in [2.75, 3.05) is 165 Å². The molecule has 0 unspecified atom stereocenters. The van der Waals surface area contributed by atoms with Crippen LogP contribution in [0.25, 0.3) is 0 Å². The van der Waals surface area contributed by atoms with Gasteiger partial charge >= 0.3 is 11.9 Å². The first kappa shape index (κ1) is 115. The summed E-state index contributed by atoms with van der Waals surface area (Å²) in [5.41, 5.74) is -8.10. The molecule has 1 rings (SSSR count). The van der Waals surface area contributed by atoms with Crippen molar-refractivity contribution in [2.24, 2.45) is 21.7 Å². The van der Waals surface area contributed by atoms with Crippen molar-refractivity contribution in [3.63, 3.8) is 0 Å². The Bertz CT molecular complexity index is 3210. The van der Waals surface area contributed by atoms with E-state index >= 15 is 0 Å². The molecule has 0 saturated heterocycles. The van der Waals surface area contributed by atoms with Gasteiger partial charge < -0.3 is 104 Å². The van der Waals surface area contributed by atoms with Gasteiger partial charge in [0.1, 0.15) is 0 Å². The molecule has 33 nitrogen and oxygen atoms in total. The number of carbonyl (C=O) groups excluding carboxylic acids is 9. The first-order chi connectivity index (χ1) is 56.8. The molecule has 33 heteroatoms. The van der Waals surface area contributed by atoms with Gasteiger partial charge in [-0.25, -0.2) is 0 Å². The molecule has 0 saturated carbocycles. The smallest absolute Gasteiger partial charge is 0.309 e. The highest BCUT2D eigenvalue weighted by Crippen LogP contribution is 2.36. The van der Waals surface area contributed by atoms with Crippen LogP contribution in [0.15, 0.2) is 12.2 Å². The Hall–Kier alpha value is -6.37.